The van der Waals surface area contributed by atoms with Gasteiger partial charge in [-0.05, 0) is 30.5 Å². The Morgan fingerprint density at radius 2 is 2.00 bits per heavy atom. The molecule has 0 bridgehead atoms. The van der Waals surface area contributed by atoms with Gasteiger partial charge in [-0.15, -0.1) is 0 Å². The van der Waals surface area contributed by atoms with Crippen molar-refractivity contribution in [2.24, 2.45) is 0 Å². The highest BCUT2D eigenvalue weighted by Crippen LogP contribution is 2.34. The number of nitrogens with zero attached hydrogens (tertiary/aromatic N) is 4. The second kappa shape index (κ2) is 10.4. The summed E-state index contributed by atoms with van der Waals surface area (Å²) in [5.74, 6) is 0.914. The highest BCUT2D eigenvalue weighted by molar-refractivity contribution is 5.76. The molecule has 1 unspecified atom stereocenters. The number of ether oxygens (including phenoxy) is 1. The highest BCUT2D eigenvalue weighted by atomic mass is 19.1. The molecule has 1 aromatic heterocycles. The fourth-order valence-corrected chi connectivity index (χ4v) is 4.15. The van der Waals surface area contributed by atoms with Gasteiger partial charge in [0, 0.05) is 50.9 Å². The summed E-state index contributed by atoms with van der Waals surface area (Å²) in [7, 11) is 3.85. The zero-order valence-corrected chi connectivity index (χ0v) is 19.1. The van der Waals surface area contributed by atoms with Crippen molar-refractivity contribution < 1.29 is 13.9 Å². The number of anilines is 1. The summed E-state index contributed by atoms with van der Waals surface area (Å²) in [5.41, 5.74) is 3.06. The molecule has 7 heteroatoms. The fourth-order valence-electron chi connectivity index (χ4n) is 4.15. The van der Waals surface area contributed by atoms with E-state index in [1.54, 1.807) is 12.1 Å². The predicted molar refractivity (Wildman–Crippen MR) is 127 cm³/mol. The van der Waals surface area contributed by atoms with Gasteiger partial charge in [-0.1, -0.05) is 36.4 Å². The fraction of sp³-hybridized carbons (Fsp3) is 0.346. The van der Waals surface area contributed by atoms with E-state index in [0.717, 1.165) is 36.2 Å². The molecular weight excluding hydrogens is 419 g/mol. The van der Waals surface area contributed by atoms with E-state index >= 15 is 0 Å². The van der Waals surface area contributed by atoms with E-state index in [1.807, 2.05) is 48.3 Å². The molecule has 2 heterocycles. The molecule has 1 aliphatic rings. The maximum atomic E-state index is 13.3. The van der Waals surface area contributed by atoms with Crippen molar-refractivity contribution in [3.05, 3.63) is 72.3 Å². The summed E-state index contributed by atoms with van der Waals surface area (Å²) in [6, 6.07) is 16.1. The molecular formula is C26H29FN4O2. The Morgan fingerprint density at radius 1 is 1.18 bits per heavy atom. The first kappa shape index (κ1) is 22.7. The van der Waals surface area contributed by atoms with E-state index in [4.69, 9.17) is 9.72 Å². The van der Waals surface area contributed by atoms with Gasteiger partial charge < -0.3 is 14.5 Å². The van der Waals surface area contributed by atoms with Crippen LogP contribution in [0.3, 0.4) is 0 Å². The number of hydrogen-bond acceptors (Lipinski definition) is 5. The standard InChI is InChI=1S/C26H29FN4O2/c1-30(2)26-28-17-23(19-8-4-3-5-9-19)25(29-26)20-10-7-14-31(18-20)24(32)13-15-33-22-12-6-11-21(27)16-22/h3-6,8-9,11-12,16-17,20H,7,10,13-15,18H2,1-2H3. The number of likely N-dealkylation sites (tertiary alicyclic amines) is 1. The number of carbonyl (C=O) groups excluding carboxylic acids is 1. The average Bonchev–Trinajstić information content (AvgIpc) is 2.84. The van der Waals surface area contributed by atoms with E-state index in [1.165, 1.54) is 12.1 Å². The Bertz CT molecular complexity index is 1090. The molecule has 1 amide bonds. The van der Waals surface area contributed by atoms with Gasteiger partial charge in [-0.3, -0.25) is 4.79 Å². The van der Waals surface area contributed by atoms with Crippen LogP contribution < -0.4 is 9.64 Å². The van der Waals surface area contributed by atoms with Gasteiger partial charge in [0.05, 0.1) is 18.7 Å². The number of carbonyl (C=O) groups is 1. The van der Waals surface area contributed by atoms with Crippen molar-refractivity contribution in [1.29, 1.82) is 0 Å². The Hall–Kier alpha value is -3.48. The summed E-state index contributed by atoms with van der Waals surface area (Å²) in [4.78, 5) is 26.1. The van der Waals surface area contributed by atoms with Crippen LogP contribution in [0.4, 0.5) is 10.3 Å². The zero-order chi connectivity index (χ0) is 23.2. The Kier molecular flexibility index (Phi) is 7.17. The summed E-state index contributed by atoms with van der Waals surface area (Å²) in [6.07, 6.45) is 4.02. The molecule has 0 spiro atoms. The molecule has 0 radical (unpaired) electrons. The van der Waals surface area contributed by atoms with E-state index in [2.05, 4.69) is 17.1 Å². The Morgan fingerprint density at radius 3 is 2.76 bits per heavy atom. The van der Waals surface area contributed by atoms with E-state index in [-0.39, 0.29) is 30.7 Å². The van der Waals surface area contributed by atoms with Crippen LogP contribution in [0, 0.1) is 5.82 Å². The van der Waals surface area contributed by atoms with E-state index < -0.39 is 0 Å². The second-order valence-electron chi connectivity index (χ2n) is 8.46. The number of halogens is 1. The van der Waals surface area contributed by atoms with Gasteiger partial charge in [0.15, 0.2) is 0 Å². The smallest absolute Gasteiger partial charge is 0.226 e. The quantitative estimate of drug-likeness (QED) is 0.532. The highest BCUT2D eigenvalue weighted by Gasteiger charge is 2.28. The molecule has 1 atom stereocenters. The number of aromatic nitrogens is 2. The van der Waals surface area contributed by atoms with Gasteiger partial charge in [-0.2, -0.15) is 0 Å². The van der Waals surface area contributed by atoms with Crippen molar-refractivity contribution in [2.75, 3.05) is 38.7 Å². The van der Waals surface area contributed by atoms with Crippen LogP contribution in [0.1, 0.15) is 30.9 Å². The van der Waals surface area contributed by atoms with Crippen molar-refractivity contribution >= 4 is 11.9 Å². The van der Waals surface area contributed by atoms with Crippen molar-refractivity contribution in [2.45, 2.75) is 25.2 Å². The third kappa shape index (κ3) is 5.66. The number of benzene rings is 2. The molecule has 6 nitrogen and oxygen atoms in total. The first-order chi connectivity index (χ1) is 16.0. The largest absolute Gasteiger partial charge is 0.493 e. The van der Waals surface area contributed by atoms with Crippen LogP contribution in [0.2, 0.25) is 0 Å². The van der Waals surface area contributed by atoms with Crippen molar-refractivity contribution in [3.63, 3.8) is 0 Å². The topological polar surface area (TPSA) is 58.6 Å². The van der Waals surface area contributed by atoms with E-state index in [0.29, 0.717) is 18.2 Å². The van der Waals surface area contributed by atoms with Crippen molar-refractivity contribution in [3.8, 4) is 16.9 Å². The molecule has 0 saturated carbocycles. The third-order valence-corrected chi connectivity index (χ3v) is 5.83. The average molecular weight is 449 g/mol. The van der Waals surface area contributed by atoms with Crippen LogP contribution in [0.5, 0.6) is 5.75 Å². The second-order valence-corrected chi connectivity index (χ2v) is 8.46. The molecule has 1 aliphatic heterocycles. The molecule has 4 rings (SSSR count). The number of piperidine rings is 1. The van der Waals surface area contributed by atoms with Gasteiger partial charge in [0.2, 0.25) is 11.9 Å². The predicted octanol–water partition coefficient (Wildman–Crippen LogP) is 4.52. The maximum Gasteiger partial charge on any atom is 0.226 e. The van der Waals surface area contributed by atoms with Crippen LogP contribution in [0.25, 0.3) is 11.1 Å². The van der Waals surface area contributed by atoms with E-state index in [9.17, 15) is 9.18 Å². The molecule has 2 aromatic carbocycles. The lowest BCUT2D eigenvalue weighted by molar-refractivity contribution is -0.132. The molecule has 33 heavy (non-hydrogen) atoms. The van der Waals surface area contributed by atoms with Crippen molar-refractivity contribution in [1.82, 2.24) is 14.9 Å². The molecule has 3 aromatic rings. The maximum absolute atomic E-state index is 13.3. The normalized spacial score (nSPS) is 15.8. The Balaban J connectivity index is 1.47. The minimum Gasteiger partial charge on any atom is -0.493 e. The molecule has 1 saturated heterocycles. The summed E-state index contributed by atoms with van der Waals surface area (Å²) >= 11 is 0. The number of amides is 1. The van der Waals surface area contributed by atoms with Crippen LogP contribution in [-0.2, 0) is 4.79 Å². The number of hydrogen-bond donors (Lipinski definition) is 0. The first-order valence-electron chi connectivity index (χ1n) is 11.3. The molecule has 0 N–H and O–H groups in total. The van der Waals surface area contributed by atoms with Gasteiger partial charge in [0.25, 0.3) is 0 Å². The summed E-state index contributed by atoms with van der Waals surface area (Å²) in [5, 5.41) is 0. The van der Waals surface area contributed by atoms with Crippen LogP contribution in [0.15, 0.2) is 60.8 Å². The summed E-state index contributed by atoms with van der Waals surface area (Å²) in [6.45, 7) is 1.56. The lowest BCUT2D eigenvalue weighted by Gasteiger charge is -2.33. The molecule has 0 aliphatic carbocycles. The molecule has 1 fully saturated rings. The van der Waals surface area contributed by atoms with Crippen LogP contribution >= 0.6 is 0 Å². The number of rotatable bonds is 7. The first-order valence-corrected chi connectivity index (χ1v) is 11.3. The summed E-state index contributed by atoms with van der Waals surface area (Å²) < 4.78 is 18.9. The van der Waals surface area contributed by atoms with Gasteiger partial charge >= 0.3 is 0 Å². The molecule has 172 valence electrons. The minimum absolute atomic E-state index is 0.0410. The van der Waals surface area contributed by atoms with Gasteiger partial charge in [-0.25, -0.2) is 14.4 Å². The zero-order valence-electron chi connectivity index (χ0n) is 19.1. The van der Waals surface area contributed by atoms with Gasteiger partial charge in [0.1, 0.15) is 11.6 Å². The lowest BCUT2D eigenvalue weighted by Crippen LogP contribution is -2.40. The SMILES string of the molecule is CN(C)c1ncc(-c2ccccc2)c(C2CCCN(C(=O)CCOc3cccc(F)c3)C2)n1. The monoisotopic (exact) mass is 448 g/mol. The Labute approximate surface area is 194 Å². The van der Waals surface area contributed by atoms with Crippen LogP contribution in [-0.4, -0.2) is 54.6 Å². The minimum atomic E-state index is -0.353. The third-order valence-electron chi connectivity index (χ3n) is 5.83. The lowest BCUT2D eigenvalue weighted by atomic mass is 9.90.